The second kappa shape index (κ2) is 6.32. The highest BCUT2D eigenvalue weighted by atomic mass is 16.3. The SMILES string of the molecule is O=C(CN1CCC[C@H]1CO)NNc1ccccn1. The number of pyridine rings is 1. The number of carbonyl (C=O) groups excluding carboxylic acids is 1. The standard InChI is InChI=1S/C12H18N4O2/c17-9-10-4-3-7-16(10)8-12(18)15-14-11-5-1-2-6-13-11/h1-2,5-6,10,17H,3-4,7-9H2,(H,13,14)(H,15,18)/t10-/m0/s1. The van der Waals surface area contributed by atoms with Crippen LogP contribution in [0.5, 0.6) is 0 Å². The molecule has 0 unspecified atom stereocenters. The lowest BCUT2D eigenvalue weighted by atomic mass is 10.2. The first kappa shape index (κ1) is 12.8. The van der Waals surface area contributed by atoms with Gasteiger partial charge in [0.2, 0.25) is 0 Å². The number of amides is 1. The van der Waals surface area contributed by atoms with Crippen LogP contribution >= 0.6 is 0 Å². The lowest BCUT2D eigenvalue weighted by molar-refractivity contribution is -0.122. The molecule has 6 heteroatoms. The minimum atomic E-state index is -0.124. The molecule has 1 aliphatic heterocycles. The summed E-state index contributed by atoms with van der Waals surface area (Å²) >= 11 is 0. The summed E-state index contributed by atoms with van der Waals surface area (Å²) < 4.78 is 0. The Morgan fingerprint density at radius 3 is 3.17 bits per heavy atom. The topological polar surface area (TPSA) is 77.5 Å². The summed E-state index contributed by atoms with van der Waals surface area (Å²) in [4.78, 5) is 17.7. The van der Waals surface area contributed by atoms with Gasteiger partial charge in [-0.05, 0) is 31.5 Å². The van der Waals surface area contributed by atoms with Crippen molar-refractivity contribution in [3.8, 4) is 0 Å². The van der Waals surface area contributed by atoms with E-state index in [1.807, 2.05) is 17.0 Å². The molecule has 2 rings (SSSR count). The van der Waals surface area contributed by atoms with Gasteiger partial charge in [-0.15, -0.1) is 0 Å². The van der Waals surface area contributed by atoms with E-state index in [9.17, 15) is 4.79 Å². The van der Waals surface area contributed by atoms with Crippen LogP contribution in [0, 0.1) is 0 Å². The lowest BCUT2D eigenvalue weighted by Crippen LogP contribution is -2.42. The van der Waals surface area contributed by atoms with Crippen molar-refractivity contribution < 1.29 is 9.90 Å². The molecule has 1 aromatic rings. The summed E-state index contributed by atoms with van der Waals surface area (Å²) in [7, 11) is 0. The minimum Gasteiger partial charge on any atom is -0.395 e. The minimum absolute atomic E-state index is 0.112. The molecule has 0 saturated carbocycles. The summed E-state index contributed by atoms with van der Waals surface area (Å²) in [6, 6.07) is 5.53. The van der Waals surface area contributed by atoms with Crippen molar-refractivity contribution in [3.63, 3.8) is 0 Å². The quantitative estimate of drug-likeness (QED) is 0.640. The van der Waals surface area contributed by atoms with Gasteiger partial charge in [-0.2, -0.15) is 0 Å². The largest absolute Gasteiger partial charge is 0.395 e. The smallest absolute Gasteiger partial charge is 0.252 e. The van der Waals surface area contributed by atoms with Crippen LogP contribution in [0.3, 0.4) is 0 Å². The molecule has 6 nitrogen and oxygen atoms in total. The van der Waals surface area contributed by atoms with Crippen LogP contribution < -0.4 is 10.9 Å². The van der Waals surface area contributed by atoms with Crippen molar-refractivity contribution in [1.82, 2.24) is 15.3 Å². The summed E-state index contributed by atoms with van der Waals surface area (Å²) in [6.45, 7) is 1.27. The summed E-state index contributed by atoms with van der Waals surface area (Å²) in [5.74, 6) is 0.479. The Morgan fingerprint density at radius 2 is 2.44 bits per heavy atom. The molecule has 2 heterocycles. The predicted molar refractivity (Wildman–Crippen MR) is 67.7 cm³/mol. The summed E-state index contributed by atoms with van der Waals surface area (Å²) in [5.41, 5.74) is 5.35. The maximum Gasteiger partial charge on any atom is 0.252 e. The maximum absolute atomic E-state index is 11.7. The fraction of sp³-hybridized carbons (Fsp3) is 0.500. The van der Waals surface area contributed by atoms with E-state index in [1.165, 1.54) is 0 Å². The molecule has 0 spiro atoms. The van der Waals surface area contributed by atoms with Gasteiger partial charge in [0.15, 0.2) is 0 Å². The number of nitrogens with zero attached hydrogens (tertiary/aromatic N) is 2. The predicted octanol–water partition coefficient (Wildman–Crippen LogP) is -0.0186. The third-order valence-electron chi connectivity index (χ3n) is 3.05. The Labute approximate surface area is 106 Å². The van der Waals surface area contributed by atoms with Crippen LogP contribution in [0.2, 0.25) is 0 Å². The van der Waals surface area contributed by atoms with Crippen LogP contribution in [0.4, 0.5) is 5.82 Å². The van der Waals surface area contributed by atoms with Crippen molar-refractivity contribution in [3.05, 3.63) is 24.4 Å². The molecule has 1 aromatic heterocycles. The zero-order valence-corrected chi connectivity index (χ0v) is 10.2. The molecular weight excluding hydrogens is 232 g/mol. The first-order valence-electron chi connectivity index (χ1n) is 6.10. The molecule has 0 aromatic carbocycles. The van der Waals surface area contributed by atoms with Gasteiger partial charge in [0.1, 0.15) is 5.82 Å². The van der Waals surface area contributed by atoms with Gasteiger partial charge in [-0.3, -0.25) is 20.5 Å². The molecule has 1 aliphatic rings. The highest BCUT2D eigenvalue weighted by molar-refractivity contribution is 5.79. The van der Waals surface area contributed by atoms with Crippen LogP contribution in [0.25, 0.3) is 0 Å². The monoisotopic (exact) mass is 250 g/mol. The van der Waals surface area contributed by atoms with Gasteiger partial charge in [0.05, 0.1) is 13.2 Å². The first-order chi connectivity index (χ1) is 8.79. The fourth-order valence-electron chi connectivity index (χ4n) is 2.10. The fourth-order valence-corrected chi connectivity index (χ4v) is 2.10. The van der Waals surface area contributed by atoms with E-state index in [2.05, 4.69) is 15.8 Å². The molecule has 0 radical (unpaired) electrons. The van der Waals surface area contributed by atoms with Crippen molar-refractivity contribution in [2.45, 2.75) is 18.9 Å². The van der Waals surface area contributed by atoms with Crippen molar-refractivity contribution in [1.29, 1.82) is 0 Å². The first-order valence-corrected chi connectivity index (χ1v) is 6.10. The van der Waals surface area contributed by atoms with Crippen molar-refractivity contribution in [2.75, 3.05) is 25.1 Å². The van der Waals surface area contributed by atoms with Gasteiger partial charge in [-0.1, -0.05) is 6.07 Å². The van der Waals surface area contributed by atoms with E-state index in [-0.39, 0.29) is 18.6 Å². The third kappa shape index (κ3) is 3.41. The Kier molecular flexibility index (Phi) is 4.49. The van der Waals surface area contributed by atoms with Crippen molar-refractivity contribution in [2.24, 2.45) is 0 Å². The number of anilines is 1. The third-order valence-corrected chi connectivity index (χ3v) is 3.05. The molecule has 1 fully saturated rings. The number of hydrazine groups is 1. The lowest BCUT2D eigenvalue weighted by Gasteiger charge is -2.21. The summed E-state index contributed by atoms with van der Waals surface area (Å²) in [5, 5.41) is 9.16. The van der Waals surface area contributed by atoms with Crippen LogP contribution in [0.1, 0.15) is 12.8 Å². The van der Waals surface area contributed by atoms with E-state index in [4.69, 9.17) is 5.11 Å². The zero-order valence-electron chi connectivity index (χ0n) is 10.2. The van der Waals surface area contributed by atoms with Gasteiger partial charge >= 0.3 is 0 Å². The van der Waals surface area contributed by atoms with Crippen LogP contribution in [-0.2, 0) is 4.79 Å². The number of hydrogen-bond donors (Lipinski definition) is 3. The average Bonchev–Trinajstić information content (AvgIpc) is 2.85. The number of nitrogens with one attached hydrogen (secondary N) is 2. The highest BCUT2D eigenvalue weighted by Gasteiger charge is 2.25. The second-order valence-corrected chi connectivity index (χ2v) is 4.34. The number of aliphatic hydroxyl groups excluding tert-OH is 1. The number of rotatable bonds is 5. The molecule has 0 bridgehead atoms. The Hall–Kier alpha value is -1.66. The Bertz CT molecular complexity index is 385. The van der Waals surface area contributed by atoms with Gasteiger partial charge in [0.25, 0.3) is 5.91 Å². The van der Waals surface area contributed by atoms with Crippen molar-refractivity contribution >= 4 is 11.7 Å². The van der Waals surface area contributed by atoms with Gasteiger partial charge in [0, 0.05) is 12.2 Å². The van der Waals surface area contributed by atoms with Crippen LogP contribution in [-0.4, -0.2) is 46.6 Å². The number of hydrogen-bond acceptors (Lipinski definition) is 5. The molecule has 1 amide bonds. The summed E-state index contributed by atoms with van der Waals surface area (Å²) in [6.07, 6.45) is 3.64. The molecule has 1 atom stereocenters. The molecule has 98 valence electrons. The molecule has 18 heavy (non-hydrogen) atoms. The normalized spacial score (nSPS) is 19.7. The van der Waals surface area contributed by atoms with Gasteiger partial charge in [-0.25, -0.2) is 4.98 Å². The van der Waals surface area contributed by atoms with E-state index in [0.717, 1.165) is 19.4 Å². The molecule has 1 saturated heterocycles. The number of aliphatic hydroxyl groups is 1. The highest BCUT2D eigenvalue weighted by Crippen LogP contribution is 2.15. The van der Waals surface area contributed by atoms with E-state index in [0.29, 0.717) is 12.4 Å². The van der Waals surface area contributed by atoms with Gasteiger partial charge < -0.3 is 5.11 Å². The second-order valence-electron chi connectivity index (χ2n) is 4.34. The Morgan fingerprint density at radius 1 is 1.56 bits per heavy atom. The van der Waals surface area contributed by atoms with Crippen LogP contribution in [0.15, 0.2) is 24.4 Å². The zero-order chi connectivity index (χ0) is 12.8. The number of aromatic nitrogens is 1. The molecule has 0 aliphatic carbocycles. The maximum atomic E-state index is 11.7. The molecular formula is C12H18N4O2. The Balaban J connectivity index is 1.75. The number of carbonyl (C=O) groups is 1. The van der Waals surface area contributed by atoms with E-state index in [1.54, 1.807) is 12.3 Å². The van der Waals surface area contributed by atoms with E-state index < -0.39 is 0 Å². The number of likely N-dealkylation sites (tertiary alicyclic amines) is 1. The average molecular weight is 250 g/mol. The van der Waals surface area contributed by atoms with E-state index >= 15 is 0 Å². The molecule has 3 N–H and O–H groups in total.